The molecule has 0 atom stereocenters. The van der Waals surface area contributed by atoms with Crippen LogP contribution in [0, 0.1) is 0 Å². The van der Waals surface area contributed by atoms with Gasteiger partial charge in [-0.25, -0.2) is 14.6 Å². The van der Waals surface area contributed by atoms with E-state index in [-0.39, 0.29) is 0 Å². The predicted octanol–water partition coefficient (Wildman–Crippen LogP) is 1.82. The molecular formula is C11H14ClN5. The summed E-state index contributed by atoms with van der Waals surface area (Å²) in [6.07, 6.45) is 5.93. The van der Waals surface area contributed by atoms with Gasteiger partial charge in [-0.15, -0.1) is 0 Å². The summed E-state index contributed by atoms with van der Waals surface area (Å²) in [5, 5.41) is 7.87. The van der Waals surface area contributed by atoms with Crippen LogP contribution in [0.2, 0.25) is 5.02 Å². The first-order valence-electron chi connectivity index (χ1n) is 5.51. The van der Waals surface area contributed by atoms with Crippen molar-refractivity contribution in [3.05, 3.63) is 35.5 Å². The molecule has 0 radical (unpaired) electrons. The van der Waals surface area contributed by atoms with Crippen molar-refractivity contribution in [3.63, 3.8) is 0 Å². The molecule has 17 heavy (non-hydrogen) atoms. The van der Waals surface area contributed by atoms with Crippen LogP contribution in [0.1, 0.15) is 18.9 Å². The van der Waals surface area contributed by atoms with Gasteiger partial charge in [-0.2, -0.15) is 5.10 Å². The monoisotopic (exact) mass is 251 g/mol. The van der Waals surface area contributed by atoms with Crippen molar-refractivity contribution >= 4 is 11.6 Å². The minimum Gasteiger partial charge on any atom is -0.313 e. The van der Waals surface area contributed by atoms with Crippen molar-refractivity contribution in [2.75, 3.05) is 6.54 Å². The summed E-state index contributed by atoms with van der Waals surface area (Å²) in [6, 6.07) is 1.90. The van der Waals surface area contributed by atoms with Gasteiger partial charge in [0.2, 0.25) is 0 Å². The van der Waals surface area contributed by atoms with E-state index in [1.165, 1.54) is 6.33 Å². The first kappa shape index (κ1) is 12.0. The third kappa shape index (κ3) is 3.01. The third-order valence-corrected chi connectivity index (χ3v) is 2.55. The molecule has 0 aromatic carbocycles. The van der Waals surface area contributed by atoms with Crippen LogP contribution < -0.4 is 5.32 Å². The molecule has 6 heteroatoms. The van der Waals surface area contributed by atoms with Crippen molar-refractivity contribution < 1.29 is 0 Å². The van der Waals surface area contributed by atoms with E-state index in [9.17, 15) is 0 Å². The molecule has 0 aliphatic rings. The van der Waals surface area contributed by atoms with Crippen molar-refractivity contribution in [2.24, 2.45) is 0 Å². The quantitative estimate of drug-likeness (QED) is 0.824. The number of rotatable bonds is 5. The lowest BCUT2D eigenvalue weighted by Crippen LogP contribution is -2.14. The zero-order chi connectivity index (χ0) is 12.1. The van der Waals surface area contributed by atoms with Crippen molar-refractivity contribution in [1.82, 2.24) is 25.1 Å². The molecule has 0 amide bonds. The maximum absolute atomic E-state index is 6.15. The Hall–Kier alpha value is -1.46. The number of aromatic nitrogens is 4. The Balaban J connectivity index is 2.12. The molecule has 5 nitrogen and oxygen atoms in total. The summed E-state index contributed by atoms with van der Waals surface area (Å²) >= 11 is 6.15. The van der Waals surface area contributed by atoms with E-state index in [1.807, 2.05) is 6.07 Å². The number of hydrogen-bond donors (Lipinski definition) is 1. The molecule has 2 rings (SSSR count). The number of nitrogens with one attached hydrogen (secondary N) is 1. The van der Waals surface area contributed by atoms with Crippen LogP contribution in [0.15, 0.2) is 24.9 Å². The maximum atomic E-state index is 6.15. The fourth-order valence-corrected chi connectivity index (χ4v) is 1.74. The Morgan fingerprint density at radius 2 is 2.35 bits per heavy atom. The normalized spacial score (nSPS) is 10.7. The second kappa shape index (κ2) is 5.75. The summed E-state index contributed by atoms with van der Waals surface area (Å²) < 4.78 is 1.55. The van der Waals surface area contributed by atoms with Crippen LogP contribution in [0.25, 0.3) is 5.82 Å². The standard InChI is InChI=1S/C11H14ClN5/c1-2-3-13-5-9-4-10(12)11(15-6-9)17-8-14-7-16-17/h4,6-8,13H,2-3,5H2,1H3. The Bertz CT molecular complexity index is 469. The van der Waals surface area contributed by atoms with E-state index in [0.29, 0.717) is 10.8 Å². The lowest BCUT2D eigenvalue weighted by molar-refractivity contribution is 0.673. The van der Waals surface area contributed by atoms with E-state index in [0.717, 1.165) is 25.1 Å². The van der Waals surface area contributed by atoms with Crippen LogP contribution in [0.5, 0.6) is 0 Å². The fraction of sp³-hybridized carbons (Fsp3) is 0.364. The van der Waals surface area contributed by atoms with Gasteiger partial charge in [0.1, 0.15) is 12.7 Å². The highest BCUT2D eigenvalue weighted by Gasteiger charge is 2.06. The minimum atomic E-state index is 0.575. The van der Waals surface area contributed by atoms with Crippen LogP contribution in [0.3, 0.4) is 0 Å². The van der Waals surface area contributed by atoms with Gasteiger partial charge in [-0.1, -0.05) is 18.5 Å². The van der Waals surface area contributed by atoms with Gasteiger partial charge in [0.25, 0.3) is 0 Å². The van der Waals surface area contributed by atoms with Gasteiger partial charge in [0.05, 0.1) is 5.02 Å². The largest absolute Gasteiger partial charge is 0.313 e. The first-order chi connectivity index (χ1) is 8.31. The Morgan fingerprint density at radius 1 is 1.47 bits per heavy atom. The maximum Gasteiger partial charge on any atom is 0.173 e. The highest BCUT2D eigenvalue weighted by atomic mass is 35.5. The molecule has 0 fully saturated rings. The van der Waals surface area contributed by atoms with Crippen molar-refractivity contribution in [1.29, 1.82) is 0 Å². The molecule has 0 spiro atoms. The van der Waals surface area contributed by atoms with E-state index < -0.39 is 0 Å². The average Bonchev–Trinajstić information content (AvgIpc) is 2.83. The highest BCUT2D eigenvalue weighted by molar-refractivity contribution is 6.32. The zero-order valence-electron chi connectivity index (χ0n) is 9.60. The van der Waals surface area contributed by atoms with Crippen LogP contribution in [-0.4, -0.2) is 26.3 Å². The minimum absolute atomic E-state index is 0.575. The number of pyridine rings is 1. The predicted molar refractivity (Wildman–Crippen MR) is 66.2 cm³/mol. The molecule has 2 heterocycles. The van der Waals surface area contributed by atoms with Crippen molar-refractivity contribution in [2.45, 2.75) is 19.9 Å². The smallest absolute Gasteiger partial charge is 0.173 e. The summed E-state index contributed by atoms with van der Waals surface area (Å²) in [4.78, 5) is 8.15. The summed E-state index contributed by atoms with van der Waals surface area (Å²) in [5.41, 5.74) is 1.06. The highest BCUT2D eigenvalue weighted by Crippen LogP contribution is 2.17. The first-order valence-corrected chi connectivity index (χ1v) is 5.89. The number of halogens is 1. The molecule has 0 saturated heterocycles. The Labute approximate surface area is 105 Å². The molecule has 0 bridgehead atoms. The van der Waals surface area contributed by atoms with Crippen molar-refractivity contribution in [3.8, 4) is 5.82 Å². The molecule has 1 N–H and O–H groups in total. The topological polar surface area (TPSA) is 55.6 Å². The van der Waals surface area contributed by atoms with Gasteiger partial charge in [-0.3, -0.25) is 0 Å². The van der Waals surface area contributed by atoms with Gasteiger partial charge in [0, 0.05) is 12.7 Å². The lowest BCUT2D eigenvalue weighted by Gasteiger charge is -2.06. The van der Waals surface area contributed by atoms with Crippen LogP contribution in [0.4, 0.5) is 0 Å². The SMILES string of the molecule is CCCNCc1cnc(-n2cncn2)c(Cl)c1. The second-order valence-electron chi connectivity index (χ2n) is 3.67. The van der Waals surface area contributed by atoms with E-state index in [4.69, 9.17) is 11.6 Å². The summed E-state index contributed by atoms with van der Waals surface area (Å²) in [6.45, 7) is 3.90. The Morgan fingerprint density at radius 3 is 3.00 bits per heavy atom. The molecule has 2 aromatic rings. The molecule has 0 aliphatic carbocycles. The Kier molecular flexibility index (Phi) is 4.06. The summed E-state index contributed by atoms with van der Waals surface area (Å²) in [7, 11) is 0. The lowest BCUT2D eigenvalue weighted by atomic mass is 10.2. The number of hydrogen-bond acceptors (Lipinski definition) is 4. The molecule has 0 saturated carbocycles. The van der Waals surface area contributed by atoms with Crippen LogP contribution in [-0.2, 0) is 6.54 Å². The summed E-state index contributed by atoms with van der Waals surface area (Å²) in [5.74, 6) is 0.600. The van der Waals surface area contributed by atoms with E-state index in [1.54, 1.807) is 17.2 Å². The van der Waals surface area contributed by atoms with E-state index >= 15 is 0 Å². The molecule has 0 unspecified atom stereocenters. The zero-order valence-corrected chi connectivity index (χ0v) is 10.4. The third-order valence-electron chi connectivity index (χ3n) is 2.27. The number of nitrogens with zero attached hydrogens (tertiary/aromatic N) is 4. The van der Waals surface area contributed by atoms with Gasteiger partial charge < -0.3 is 5.32 Å². The average molecular weight is 252 g/mol. The van der Waals surface area contributed by atoms with Gasteiger partial charge >= 0.3 is 0 Å². The van der Waals surface area contributed by atoms with Gasteiger partial charge in [-0.05, 0) is 24.6 Å². The van der Waals surface area contributed by atoms with E-state index in [2.05, 4.69) is 27.3 Å². The molecule has 90 valence electrons. The fourth-order valence-electron chi connectivity index (χ4n) is 1.46. The molecule has 0 aliphatic heterocycles. The van der Waals surface area contributed by atoms with Crippen LogP contribution >= 0.6 is 11.6 Å². The second-order valence-corrected chi connectivity index (χ2v) is 4.07. The molecule has 2 aromatic heterocycles. The molecular weight excluding hydrogens is 238 g/mol. The van der Waals surface area contributed by atoms with Gasteiger partial charge in [0.15, 0.2) is 5.82 Å².